The number of benzene rings is 1. The van der Waals surface area contributed by atoms with Gasteiger partial charge >= 0.3 is 0 Å². The van der Waals surface area contributed by atoms with Crippen molar-refractivity contribution >= 4 is 11.4 Å². The highest BCUT2D eigenvalue weighted by molar-refractivity contribution is 5.68. The number of hydrogen-bond donors (Lipinski definition) is 2. The predicted molar refractivity (Wildman–Crippen MR) is 68.5 cm³/mol. The first kappa shape index (κ1) is 11.4. The van der Waals surface area contributed by atoms with Gasteiger partial charge in [-0.3, -0.25) is 10.2 Å². The number of nitrogens with one attached hydrogen (secondary N) is 1. The Bertz CT molecular complexity index is 477. The topological polar surface area (TPSA) is 68.2 Å². The number of rotatable bonds is 2. The van der Waals surface area contributed by atoms with Crippen LogP contribution in [-0.2, 0) is 12.8 Å². The SMILES string of the molecule is O=NN1CCCc2cc3c(cc21)N(NO)CCC3. The fraction of sp³-hybridized carbons (Fsp3) is 0.500. The highest BCUT2D eigenvalue weighted by atomic mass is 16.5. The average Bonchev–Trinajstić information content (AvgIpc) is 2.43. The predicted octanol–water partition coefficient (Wildman–Crippen LogP) is 1.77. The van der Waals surface area contributed by atoms with E-state index in [0.717, 1.165) is 43.6 Å². The molecule has 0 amide bonds. The van der Waals surface area contributed by atoms with Gasteiger partial charge in [-0.25, -0.2) is 5.01 Å². The van der Waals surface area contributed by atoms with Gasteiger partial charge in [-0.1, -0.05) is 6.07 Å². The molecule has 3 rings (SSSR count). The third-order valence-electron chi connectivity index (χ3n) is 3.71. The number of nitroso groups, excluding NO2 is 1. The monoisotopic (exact) mass is 248 g/mol. The van der Waals surface area contributed by atoms with E-state index in [1.54, 1.807) is 5.01 Å². The Morgan fingerprint density at radius 2 is 1.83 bits per heavy atom. The number of hydrogen-bond acceptors (Lipinski definition) is 5. The molecule has 0 fully saturated rings. The molecule has 0 aliphatic carbocycles. The van der Waals surface area contributed by atoms with E-state index < -0.39 is 0 Å². The Balaban J connectivity index is 2.08. The summed E-state index contributed by atoms with van der Waals surface area (Å²) in [5.41, 5.74) is 6.42. The van der Waals surface area contributed by atoms with Crippen molar-refractivity contribution in [1.82, 2.24) is 5.59 Å². The lowest BCUT2D eigenvalue weighted by Gasteiger charge is -2.32. The molecular weight excluding hydrogens is 232 g/mol. The second kappa shape index (κ2) is 4.55. The highest BCUT2D eigenvalue weighted by Crippen LogP contribution is 2.36. The molecular formula is C12H16N4O2. The summed E-state index contributed by atoms with van der Waals surface area (Å²) >= 11 is 0. The van der Waals surface area contributed by atoms with Crippen molar-refractivity contribution in [3.05, 3.63) is 28.2 Å². The van der Waals surface area contributed by atoms with E-state index >= 15 is 0 Å². The van der Waals surface area contributed by atoms with E-state index in [9.17, 15) is 4.91 Å². The Hall–Kier alpha value is -1.66. The van der Waals surface area contributed by atoms with E-state index in [1.807, 2.05) is 6.07 Å². The van der Waals surface area contributed by atoms with Crippen LogP contribution in [0.2, 0.25) is 0 Å². The molecule has 1 aromatic carbocycles. The fourth-order valence-electron chi connectivity index (χ4n) is 2.84. The molecule has 2 aliphatic rings. The molecule has 18 heavy (non-hydrogen) atoms. The standard InChI is InChI=1S/C12H16N4O2/c17-13-15-5-1-3-9-7-10-4-2-6-16(14-18)12(10)8-11(9)15/h7-8,13,17H,1-6H2. The minimum absolute atomic E-state index is 0.668. The lowest BCUT2D eigenvalue weighted by molar-refractivity contribution is 0.152. The molecule has 2 N–H and O–H groups in total. The highest BCUT2D eigenvalue weighted by Gasteiger charge is 2.23. The molecule has 0 saturated carbocycles. The summed E-state index contributed by atoms with van der Waals surface area (Å²) < 4.78 is 0. The van der Waals surface area contributed by atoms with E-state index in [-0.39, 0.29) is 0 Å². The molecule has 2 heterocycles. The van der Waals surface area contributed by atoms with Crippen molar-refractivity contribution in [3.63, 3.8) is 0 Å². The van der Waals surface area contributed by atoms with Crippen LogP contribution in [0.4, 0.5) is 11.4 Å². The minimum atomic E-state index is 0.668. The van der Waals surface area contributed by atoms with Crippen molar-refractivity contribution < 1.29 is 5.21 Å². The summed E-state index contributed by atoms with van der Waals surface area (Å²) in [6, 6.07) is 4.10. The van der Waals surface area contributed by atoms with Crippen LogP contribution >= 0.6 is 0 Å². The molecule has 0 atom stereocenters. The second-order valence-electron chi connectivity index (χ2n) is 4.77. The van der Waals surface area contributed by atoms with E-state index in [4.69, 9.17) is 5.21 Å². The molecule has 0 saturated heterocycles. The van der Waals surface area contributed by atoms with Gasteiger partial charge in [0.15, 0.2) is 0 Å². The van der Waals surface area contributed by atoms with Gasteiger partial charge in [-0.05, 0) is 42.9 Å². The molecule has 0 unspecified atom stereocenters. The van der Waals surface area contributed by atoms with Crippen molar-refractivity contribution in [2.24, 2.45) is 5.29 Å². The quantitative estimate of drug-likeness (QED) is 0.616. The normalized spacial score (nSPS) is 18.3. The summed E-state index contributed by atoms with van der Waals surface area (Å²) in [7, 11) is 0. The Kier molecular flexibility index (Phi) is 2.89. The maximum atomic E-state index is 10.8. The van der Waals surface area contributed by atoms with Crippen LogP contribution in [-0.4, -0.2) is 18.3 Å². The first-order valence-electron chi connectivity index (χ1n) is 6.27. The van der Waals surface area contributed by atoms with Gasteiger partial charge in [-0.15, -0.1) is 10.5 Å². The number of aryl methyl sites for hydroxylation is 2. The number of nitrogens with zero attached hydrogens (tertiary/aromatic N) is 3. The molecule has 0 radical (unpaired) electrons. The van der Waals surface area contributed by atoms with Crippen molar-refractivity contribution in [1.29, 1.82) is 0 Å². The minimum Gasteiger partial charge on any atom is -0.297 e. The zero-order chi connectivity index (χ0) is 12.5. The van der Waals surface area contributed by atoms with Crippen LogP contribution in [0.5, 0.6) is 0 Å². The second-order valence-corrected chi connectivity index (χ2v) is 4.77. The zero-order valence-corrected chi connectivity index (χ0v) is 10.1. The number of anilines is 2. The van der Waals surface area contributed by atoms with Crippen molar-refractivity contribution in [3.8, 4) is 0 Å². The van der Waals surface area contributed by atoms with Gasteiger partial charge in [0, 0.05) is 13.1 Å². The van der Waals surface area contributed by atoms with Gasteiger partial charge in [-0.2, -0.15) is 0 Å². The summed E-state index contributed by atoms with van der Waals surface area (Å²) in [6.07, 6.45) is 3.96. The fourth-order valence-corrected chi connectivity index (χ4v) is 2.84. The van der Waals surface area contributed by atoms with Crippen LogP contribution < -0.4 is 15.6 Å². The van der Waals surface area contributed by atoms with Crippen LogP contribution in [0.3, 0.4) is 0 Å². The average molecular weight is 248 g/mol. The largest absolute Gasteiger partial charge is 0.297 e. The molecule has 96 valence electrons. The molecule has 0 aromatic heterocycles. The first-order valence-corrected chi connectivity index (χ1v) is 6.27. The maximum Gasteiger partial charge on any atom is 0.0679 e. The Morgan fingerprint density at radius 3 is 2.56 bits per heavy atom. The molecule has 6 nitrogen and oxygen atoms in total. The molecule has 0 bridgehead atoms. The van der Waals surface area contributed by atoms with E-state index in [0.29, 0.717) is 6.54 Å². The Morgan fingerprint density at radius 1 is 1.11 bits per heavy atom. The van der Waals surface area contributed by atoms with Gasteiger partial charge in [0.1, 0.15) is 0 Å². The van der Waals surface area contributed by atoms with Gasteiger partial charge < -0.3 is 0 Å². The third-order valence-corrected chi connectivity index (χ3v) is 3.71. The van der Waals surface area contributed by atoms with Crippen molar-refractivity contribution in [2.75, 3.05) is 23.1 Å². The summed E-state index contributed by atoms with van der Waals surface area (Å²) in [4.78, 5) is 10.8. The zero-order valence-electron chi connectivity index (χ0n) is 10.1. The van der Waals surface area contributed by atoms with Crippen LogP contribution in [0, 0.1) is 4.91 Å². The number of fused-ring (bicyclic) bond motifs is 2. The maximum absolute atomic E-state index is 10.8. The van der Waals surface area contributed by atoms with Crippen LogP contribution in [0.25, 0.3) is 0 Å². The number of hydrazine groups is 1. The van der Waals surface area contributed by atoms with E-state index in [2.05, 4.69) is 16.9 Å². The molecule has 6 heteroatoms. The van der Waals surface area contributed by atoms with Crippen LogP contribution in [0.1, 0.15) is 24.0 Å². The molecule has 0 spiro atoms. The van der Waals surface area contributed by atoms with Gasteiger partial charge in [0.2, 0.25) is 0 Å². The summed E-state index contributed by atoms with van der Waals surface area (Å²) in [6.45, 7) is 1.43. The van der Waals surface area contributed by atoms with Crippen LogP contribution in [0.15, 0.2) is 17.4 Å². The van der Waals surface area contributed by atoms with Gasteiger partial charge in [0.05, 0.1) is 16.7 Å². The first-order chi connectivity index (χ1) is 8.83. The molecule has 1 aromatic rings. The lowest BCUT2D eigenvalue weighted by atomic mass is 9.95. The Labute approximate surface area is 105 Å². The lowest BCUT2D eigenvalue weighted by Crippen LogP contribution is -2.40. The third kappa shape index (κ3) is 1.74. The van der Waals surface area contributed by atoms with E-state index in [1.165, 1.54) is 16.1 Å². The molecule has 2 aliphatic heterocycles. The van der Waals surface area contributed by atoms with Crippen molar-refractivity contribution in [2.45, 2.75) is 25.7 Å². The smallest absolute Gasteiger partial charge is 0.0679 e. The summed E-state index contributed by atoms with van der Waals surface area (Å²) in [5, 5.41) is 15.4. The van der Waals surface area contributed by atoms with Gasteiger partial charge in [0.25, 0.3) is 0 Å². The summed E-state index contributed by atoms with van der Waals surface area (Å²) in [5.74, 6) is 0.